The highest BCUT2D eigenvalue weighted by Gasteiger charge is 2.12. The molecule has 19 heavy (non-hydrogen) atoms. The first kappa shape index (κ1) is 14.5. The van der Waals surface area contributed by atoms with Gasteiger partial charge in [-0.1, -0.05) is 31.5 Å². The number of thiophene rings is 1. The standard InChI is InChI=1S/C16H23NOS/c1-11(2)8-17-9-16-14(10-18-4)13-7-12(3)5-6-15(13)19-16/h5-7,11,17H,8-10H2,1-4H3. The van der Waals surface area contributed by atoms with Gasteiger partial charge in [-0.25, -0.2) is 0 Å². The molecule has 0 aliphatic heterocycles. The van der Waals surface area contributed by atoms with E-state index in [0.29, 0.717) is 12.5 Å². The fourth-order valence-corrected chi connectivity index (χ4v) is 3.39. The lowest BCUT2D eigenvalue weighted by Gasteiger charge is -2.08. The third-order valence-corrected chi connectivity index (χ3v) is 4.37. The van der Waals surface area contributed by atoms with Gasteiger partial charge in [0.1, 0.15) is 0 Å². The summed E-state index contributed by atoms with van der Waals surface area (Å²) in [6, 6.07) is 6.67. The summed E-state index contributed by atoms with van der Waals surface area (Å²) in [7, 11) is 1.77. The van der Waals surface area contributed by atoms with Gasteiger partial charge in [0.25, 0.3) is 0 Å². The van der Waals surface area contributed by atoms with Crippen LogP contribution in [0.25, 0.3) is 10.1 Å². The number of hydrogen-bond donors (Lipinski definition) is 1. The number of rotatable bonds is 6. The van der Waals surface area contributed by atoms with Crippen molar-refractivity contribution in [1.29, 1.82) is 0 Å². The van der Waals surface area contributed by atoms with Gasteiger partial charge >= 0.3 is 0 Å². The highest BCUT2D eigenvalue weighted by atomic mass is 32.1. The highest BCUT2D eigenvalue weighted by Crippen LogP contribution is 2.32. The van der Waals surface area contributed by atoms with Crippen LogP contribution >= 0.6 is 11.3 Å². The maximum Gasteiger partial charge on any atom is 0.0730 e. The second-order valence-corrected chi connectivity index (χ2v) is 6.60. The van der Waals surface area contributed by atoms with Crippen molar-refractivity contribution in [3.05, 3.63) is 34.2 Å². The molecule has 0 spiro atoms. The Kier molecular flexibility index (Phi) is 4.97. The summed E-state index contributed by atoms with van der Waals surface area (Å²) in [5.74, 6) is 0.683. The van der Waals surface area contributed by atoms with Crippen molar-refractivity contribution in [2.45, 2.75) is 33.9 Å². The zero-order chi connectivity index (χ0) is 13.8. The van der Waals surface area contributed by atoms with Crippen molar-refractivity contribution in [3.63, 3.8) is 0 Å². The van der Waals surface area contributed by atoms with Gasteiger partial charge in [-0.15, -0.1) is 11.3 Å². The Morgan fingerprint density at radius 2 is 2.11 bits per heavy atom. The lowest BCUT2D eigenvalue weighted by Crippen LogP contribution is -2.19. The molecular formula is C16H23NOS. The van der Waals surface area contributed by atoms with Crippen LogP contribution < -0.4 is 5.32 Å². The SMILES string of the molecule is COCc1c(CNCC(C)C)sc2ccc(C)cc12. The molecule has 3 heteroatoms. The third kappa shape index (κ3) is 3.56. The molecule has 1 heterocycles. The van der Waals surface area contributed by atoms with Crippen molar-refractivity contribution in [2.24, 2.45) is 5.92 Å². The summed E-state index contributed by atoms with van der Waals surface area (Å²) in [6.07, 6.45) is 0. The molecule has 0 fully saturated rings. The van der Waals surface area contributed by atoms with Gasteiger partial charge in [0.05, 0.1) is 6.61 Å². The molecule has 104 valence electrons. The van der Waals surface area contributed by atoms with E-state index in [4.69, 9.17) is 4.74 Å². The Morgan fingerprint density at radius 3 is 2.79 bits per heavy atom. The van der Waals surface area contributed by atoms with E-state index in [2.05, 4.69) is 44.3 Å². The Balaban J connectivity index is 2.28. The number of nitrogens with one attached hydrogen (secondary N) is 1. The molecule has 0 radical (unpaired) electrons. The van der Waals surface area contributed by atoms with Crippen molar-refractivity contribution in [1.82, 2.24) is 5.32 Å². The minimum absolute atomic E-state index is 0.683. The molecule has 1 N–H and O–H groups in total. The largest absolute Gasteiger partial charge is 0.380 e. The van der Waals surface area contributed by atoms with Crippen LogP contribution in [0.2, 0.25) is 0 Å². The van der Waals surface area contributed by atoms with Gasteiger partial charge in [-0.2, -0.15) is 0 Å². The van der Waals surface area contributed by atoms with Gasteiger partial charge in [-0.3, -0.25) is 0 Å². The van der Waals surface area contributed by atoms with E-state index in [1.54, 1.807) is 7.11 Å². The maximum atomic E-state index is 5.38. The zero-order valence-electron chi connectivity index (χ0n) is 12.2. The van der Waals surface area contributed by atoms with Crippen LogP contribution in [-0.4, -0.2) is 13.7 Å². The quantitative estimate of drug-likeness (QED) is 0.858. The topological polar surface area (TPSA) is 21.3 Å². The number of fused-ring (bicyclic) bond motifs is 1. The number of benzene rings is 1. The summed E-state index contributed by atoms with van der Waals surface area (Å²) in [6.45, 7) is 9.30. The molecule has 2 nitrogen and oxygen atoms in total. The molecule has 0 saturated carbocycles. The Hall–Kier alpha value is -0.900. The van der Waals surface area contributed by atoms with Crippen molar-refractivity contribution in [2.75, 3.05) is 13.7 Å². The van der Waals surface area contributed by atoms with Crippen LogP contribution in [0.1, 0.15) is 29.9 Å². The second kappa shape index (κ2) is 6.51. The molecule has 0 bridgehead atoms. The van der Waals surface area contributed by atoms with Gasteiger partial charge in [-0.05, 0) is 30.8 Å². The van der Waals surface area contributed by atoms with Gasteiger partial charge in [0, 0.05) is 28.8 Å². The van der Waals surface area contributed by atoms with Crippen LogP contribution in [0.4, 0.5) is 0 Å². The zero-order valence-corrected chi connectivity index (χ0v) is 13.1. The van der Waals surface area contributed by atoms with Crippen molar-refractivity contribution >= 4 is 21.4 Å². The third-order valence-electron chi connectivity index (χ3n) is 3.16. The summed E-state index contributed by atoms with van der Waals surface area (Å²) in [4.78, 5) is 1.41. The van der Waals surface area contributed by atoms with Crippen LogP contribution in [0, 0.1) is 12.8 Å². The molecule has 0 amide bonds. The number of hydrogen-bond acceptors (Lipinski definition) is 3. The molecule has 0 aliphatic carbocycles. The van der Waals surface area contributed by atoms with E-state index in [9.17, 15) is 0 Å². The highest BCUT2D eigenvalue weighted by molar-refractivity contribution is 7.19. The fraction of sp³-hybridized carbons (Fsp3) is 0.500. The Bertz CT molecular complexity index is 545. The lowest BCUT2D eigenvalue weighted by atomic mass is 10.1. The minimum atomic E-state index is 0.683. The van der Waals surface area contributed by atoms with E-state index >= 15 is 0 Å². The minimum Gasteiger partial charge on any atom is -0.380 e. The van der Waals surface area contributed by atoms with Crippen LogP contribution in [0.5, 0.6) is 0 Å². The second-order valence-electron chi connectivity index (χ2n) is 5.46. The summed E-state index contributed by atoms with van der Waals surface area (Å²) in [5.41, 5.74) is 2.66. The van der Waals surface area contributed by atoms with E-state index in [1.165, 1.54) is 26.1 Å². The molecule has 0 aliphatic rings. The first-order valence-corrected chi connectivity index (χ1v) is 7.64. The van der Waals surface area contributed by atoms with Crippen molar-refractivity contribution < 1.29 is 4.74 Å². The molecule has 1 aromatic heterocycles. The fourth-order valence-electron chi connectivity index (χ4n) is 2.23. The van der Waals surface area contributed by atoms with Crippen LogP contribution in [-0.2, 0) is 17.9 Å². The van der Waals surface area contributed by atoms with Crippen LogP contribution in [0.15, 0.2) is 18.2 Å². The molecule has 2 aromatic rings. The monoisotopic (exact) mass is 277 g/mol. The predicted octanol–water partition coefficient (Wildman–Crippen LogP) is 4.10. The number of aryl methyl sites for hydroxylation is 1. The average molecular weight is 277 g/mol. The number of methoxy groups -OCH3 is 1. The smallest absolute Gasteiger partial charge is 0.0730 e. The van der Waals surface area contributed by atoms with E-state index < -0.39 is 0 Å². The lowest BCUT2D eigenvalue weighted by molar-refractivity contribution is 0.185. The normalized spacial score (nSPS) is 11.6. The molecular weight excluding hydrogens is 254 g/mol. The predicted molar refractivity (Wildman–Crippen MR) is 83.8 cm³/mol. The molecule has 0 atom stereocenters. The van der Waals surface area contributed by atoms with Crippen molar-refractivity contribution in [3.8, 4) is 0 Å². The summed E-state index contributed by atoms with van der Waals surface area (Å²) >= 11 is 1.88. The Morgan fingerprint density at radius 1 is 1.32 bits per heavy atom. The maximum absolute atomic E-state index is 5.38. The van der Waals surface area contributed by atoms with Crippen LogP contribution in [0.3, 0.4) is 0 Å². The average Bonchev–Trinajstić information content (AvgIpc) is 2.68. The molecule has 0 unspecified atom stereocenters. The number of ether oxygens (including phenoxy) is 1. The molecule has 2 rings (SSSR count). The van der Waals surface area contributed by atoms with Gasteiger partial charge < -0.3 is 10.1 Å². The Labute approximate surface area is 119 Å². The summed E-state index contributed by atoms with van der Waals surface area (Å²) < 4.78 is 6.74. The summed E-state index contributed by atoms with van der Waals surface area (Å²) in [5, 5.41) is 4.89. The van der Waals surface area contributed by atoms with E-state index in [1.807, 2.05) is 11.3 Å². The first-order valence-electron chi connectivity index (χ1n) is 6.82. The van der Waals surface area contributed by atoms with E-state index in [0.717, 1.165) is 13.1 Å². The molecule has 1 aromatic carbocycles. The molecule has 0 saturated heterocycles. The van der Waals surface area contributed by atoms with Gasteiger partial charge in [0.15, 0.2) is 0 Å². The van der Waals surface area contributed by atoms with E-state index in [-0.39, 0.29) is 0 Å². The first-order chi connectivity index (χ1) is 9.11. The van der Waals surface area contributed by atoms with Gasteiger partial charge in [0.2, 0.25) is 0 Å².